The molecule has 1 amide bonds. The molecule has 0 aromatic heterocycles. The third-order valence-electron chi connectivity index (χ3n) is 3.29. The highest BCUT2D eigenvalue weighted by atomic mass is 16.1. The number of carbonyl (C=O) groups is 1. The zero-order valence-corrected chi connectivity index (χ0v) is 11.8. The number of nitrogens with one attached hydrogen (secondary N) is 2. The summed E-state index contributed by atoms with van der Waals surface area (Å²) in [5.41, 5.74) is 2.03. The van der Waals surface area contributed by atoms with Gasteiger partial charge in [-0.3, -0.25) is 4.79 Å². The molecule has 0 aliphatic rings. The van der Waals surface area contributed by atoms with Crippen LogP contribution < -0.4 is 10.6 Å². The van der Waals surface area contributed by atoms with Crippen LogP contribution in [0.5, 0.6) is 0 Å². The first-order valence-corrected chi connectivity index (χ1v) is 6.67. The number of carbonyl (C=O) groups excluding carboxylic acids is 1. The second kappa shape index (κ2) is 7.17. The molecule has 2 atom stereocenters. The molecule has 0 aliphatic carbocycles. The summed E-state index contributed by atoms with van der Waals surface area (Å²) >= 11 is 0. The fourth-order valence-electron chi connectivity index (χ4n) is 1.96. The van der Waals surface area contributed by atoms with Crippen LogP contribution in [0.25, 0.3) is 0 Å². The van der Waals surface area contributed by atoms with Gasteiger partial charge in [0.2, 0.25) is 5.91 Å². The Kier molecular flexibility index (Phi) is 5.86. The van der Waals surface area contributed by atoms with E-state index < -0.39 is 0 Å². The summed E-state index contributed by atoms with van der Waals surface area (Å²) in [5.74, 6) is 0.167. The van der Waals surface area contributed by atoms with Crippen molar-refractivity contribution in [2.45, 2.75) is 39.7 Å². The number of amides is 1. The fourth-order valence-corrected chi connectivity index (χ4v) is 1.96. The summed E-state index contributed by atoms with van der Waals surface area (Å²) in [7, 11) is 1.92. The van der Waals surface area contributed by atoms with E-state index in [9.17, 15) is 4.79 Å². The molecule has 18 heavy (non-hydrogen) atoms. The van der Waals surface area contributed by atoms with Crippen LogP contribution in [-0.4, -0.2) is 13.0 Å². The first kappa shape index (κ1) is 14.7. The van der Waals surface area contributed by atoms with Crippen LogP contribution in [0.1, 0.15) is 45.2 Å². The molecule has 0 heterocycles. The molecule has 0 saturated heterocycles. The van der Waals surface area contributed by atoms with Crippen LogP contribution in [-0.2, 0) is 4.79 Å². The first-order valence-electron chi connectivity index (χ1n) is 6.67. The Bertz CT molecular complexity index is 390. The van der Waals surface area contributed by atoms with E-state index in [4.69, 9.17) is 0 Å². The topological polar surface area (TPSA) is 41.1 Å². The highest BCUT2D eigenvalue weighted by Gasteiger charge is 2.15. The van der Waals surface area contributed by atoms with Crippen LogP contribution >= 0.6 is 0 Å². The van der Waals surface area contributed by atoms with Crippen molar-refractivity contribution >= 4 is 11.6 Å². The maximum Gasteiger partial charge on any atom is 0.227 e. The van der Waals surface area contributed by atoms with Gasteiger partial charge in [0.15, 0.2) is 0 Å². The standard InChI is InChI=1S/C15H24N2O/c1-5-8-11(2)15(18)17-14-10-7-6-9-13(14)12(3)16-4/h6-7,9-12,16H,5,8H2,1-4H3,(H,17,18). The zero-order chi connectivity index (χ0) is 13.5. The van der Waals surface area contributed by atoms with Gasteiger partial charge < -0.3 is 10.6 Å². The second-order valence-electron chi connectivity index (χ2n) is 4.78. The molecular weight excluding hydrogens is 224 g/mol. The fraction of sp³-hybridized carbons (Fsp3) is 0.533. The Labute approximate surface area is 110 Å². The summed E-state index contributed by atoms with van der Waals surface area (Å²) in [6.07, 6.45) is 1.96. The number of hydrogen-bond donors (Lipinski definition) is 2. The van der Waals surface area contributed by atoms with Crippen LogP contribution in [0, 0.1) is 5.92 Å². The van der Waals surface area contributed by atoms with Gasteiger partial charge in [-0.1, -0.05) is 38.5 Å². The minimum Gasteiger partial charge on any atom is -0.326 e. The third-order valence-corrected chi connectivity index (χ3v) is 3.29. The lowest BCUT2D eigenvalue weighted by atomic mass is 10.0. The summed E-state index contributed by atoms with van der Waals surface area (Å²) in [6.45, 7) is 6.16. The van der Waals surface area contributed by atoms with Gasteiger partial charge in [-0.15, -0.1) is 0 Å². The van der Waals surface area contributed by atoms with Crippen LogP contribution in [0.2, 0.25) is 0 Å². The van der Waals surface area contributed by atoms with E-state index in [1.54, 1.807) is 0 Å². The lowest BCUT2D eigenvalue weighted by molar-refractivity contribution is -0.119. The van der Waals surface area contributed by atoms with E-state index in [2.05, 4.69) is 24.5 Å². The van der Waals surface area contributed by atoms with Crippen molar-refractivity contribution in [1.29, 1.82) is 0 Å². The van der Waals surface area contributed by atoms with Crippen molar-refractivity contribution in [3.05, 3.63) is 29.8 Å². The lowest BCUT2D eigenvalue weighted by Crippen LogP contribution is -2.22. The number of hydrogen-bond acceptors (Lipinski definition) is 2. The minimum atomic E-state index is 0.0629. The van der Waals surface area contributed by atoms with Gasteiger partial charge in [-0.2, -0.15) is 0 Å². The molecule has 100 valence electrons. The smallest absolute Gasteiger partial charge is 0.227 e. The Morgan fingerprint density at radius 3 is 2.56 bits per heavy atom. The predicted molar refractivity (Wildman–Crippen MR) is 76.6 cm³/mol. The average Bonchev–Trinajstić information content (AvgIpc) is 2.38. The van der Waals surface area contributed by atoms with Gasteiger partial charge in [0.05, 0.1) is 0 Å². The van der Waals surface area contributed by atoms with E-state index in [0.717, 1.165) is 24.1 Å². The van der Waals surface area contributed by atoms with E-state index in [1.165, 1.54) is 0 Å². The van der Waals surface area contributed by atoms with Crippen LogP contribution in [0.4, 0.5) is 5.69 Å². The second-order valence-corrected chi connectivity index (χ2v) is 4.78. The van der Waals surface area contributed by atoms with Gasteiger partial charge in [0, 0.05) is 17.6 Å². The van der Waals surface area contributed by atoms with Crippen LogP contribution in [0.15, 0.2) is 24.3 Å². The largest absolute Gasteiger partial charge is 0.326 e. The Morgan fingerprint density at radius 2 is 1.94 bits per heavy atom. The third kappa shape index (κ3) is 3.84. The number of benzene rings is 1. The molecule has 0 bridgehead atoms. The van der Waals surface area contributed by atoms with Crippen molar-refractivity contribution in [1.82, 2.24) is 5.32 Å². The lowest BCUT2D eigenvalue weighted by Gasteiger charge is -2.18. The Balaban J connectivity index is 2.81. The van der Waals surface area contributed by atoms with Gasteiger partial charge in [0.25, 0.3) is 0 Å². The zero-order valence-electron chi connectivity index (χ0n) is 11.8. The van der Waals surface area contributed by atoms with Crippen molar-refractivity contribution < 1.29 is 4.79 Å². The van der Waals surface area contributed by atoms with Crippen molar-refractivity contribution in [2.75, 3.05) is 12.4 Å². The highest BCUT2D eigenvalue weighted by molar-refractivity contribution is 5.93. The summed E-state index contributed by atoms with van der Waals surface area (Å²) in [6, 6.07) is 8.17. The van der Waals surface area contributed by atoms with Crippen molar-refractivity contribution in [3.63, 3.8) is 0 Å². The van der Waals surface area contributed by atoms with E-state index >= 15 is 0 Å². The molecule has 0 radical (unpaired) electrons. The van der Waals surface area contributed by atoms with E-state index in [1.807, 2.05) is 38.2 Å². The molecule has 2 N–H and O–H groups in total. The molecule has 0 saturated carbocycles. The summed E-state index contributed by atoms with van der Waals surface area (Å²) in [4.78, 5) is 12.0. The van der Waals surface area contributed by atoms with Crippen molar-refractivity contribution in [2.24, 2.45) is 5.92 Å². The average molecular weight is 248 g/mol. The molecular formula is C15H24N2O. The van der Waals surface area contributed by atoms with Gasteiger partial charge in [-0.05, 0) is 32.0 Å². The highest BCUT2D eigenvalue weighted by Crippen LogP contribution is 2.23. The predicted octanol–water partition coefficient (Wildman–Crippen LogP) is 3.34. The quantitative estimate of drug-likeness (QED) is 0.810. The molecule has 1 aromatic rings. The van der Waals surface area contributed by atoms with E-state index in [-0.39, 0.29) is 17.9 Å². The molecule has 0 spiro atoms. The molecule has 1 aromatic carbocycles. The first-order chi connectivity index (χ1) is 8.60. The monoisotopic (exact) mass is 248 g/mol. The molecule has 1 rings (SSSR count). The van der Waals surface area contributed by atoms with Crippen molar-refractivity contribution in [3.8, 4) is 0 Å². The summed E-state index contributed by atoms with van der Waals surface area (Å²) < 4.78 is 0. The molecule has 3 heteroatoms. The molecule has 0 fully saturated rings. The molecule has 0 aliphatic heterocycles. The maximum absolute atomic E-state index is 12.0. The number of anilines is 1. The Morgan fingerprint density at radius 1 is 1.28 bits per heavy atom. The number of rotatable bonds is 6. The summed E-state index contributed by atoms with van der Waals surface area (Å²) in [5, 5.41) is 6.23. The normalized spacial score (nSPS) is 14.0. The van der Waals surface area contributed by atoms with E-state index in [0.29, 0.717) is 0 Å². The van der Waals surface area contributed by atoms with Crippen LogP contribution in [0.3, 0.4) is 0 Å². The molecule has 2 unspecified atom stereocenters. The van der Waals surface area contributed by atoms with Gasteiger partial charge in [0.1, 0.15) is 0 Å². The minimum absolute atomic E-state index is 0.0629. The number of para-hydroxylation sites is 1. The molecule has 3 nitrogen and oxygen atoms in total. The van der Waals surface area contributed by atoms with Gasteiger partial charge in [-0.25, -0.2) is 0 Å². The maximum atomic E-state index is 12.0. The SMILES string of the molecule is CCCC(C)C(=O)Nc1ccccc1C(C)NC. The van der Waals surface area contributed by atoms with Gasteiger partial charge >= 0.3 is 0 Å². The Hall–Kier alpha value is -1.35.